The first-order chi connectivity index (χ1) is 16.7. The number of aromatic nitrogens is 2. The van der Waals surface area contributed by atoms with Gasteiger partial charge in [0.05, 0.1) is 17.9 Å². The Hall–Kier alpha value is -3.98. The summed E-state index contributed by atoms with van der Waals surface area (Å²) in [7, 11) is 3.66. The minimum atomic E-state index is -0.539. The van der Waals surface area contributed by atoms with Crippen molar-refractivity contribution in [2.75, 3.05) is 43.5 Å². The third kappa shape index (κ3) is 4.67. The Bertz CT molecular complexity index is 1280. The van der Waals surface area contributed by atoms with Crippen molar-refractivity contribution in [3.8, 4) is 5.69 Å². The van der Waals surface area contributed by atoms with E-state index in [4.69, 9.17) is 5.73 Å². The number of nitrogens with two attached hydrogens (primary N) is 1. The Morgan fingerprint density at radius 1 is 1.09 bits per heavy atom. The van der Waals surface area contributed by atoms with E-state index in [0.29, 0.717) is 36.5 Å². The molecule has 0 saturated heterocycles. The summed E-state index contributed by atoms with van der Waals surface area (Å²) < 4.78 is 1.59. The summed E-state index contributed by atoms with van der Waals surface area (Å²) in [6, 6.07) is 14.2. The van der Waals surface area contributed by atoms with Gasteiger partial charge in [-0.05, 0) is 69.4 Å². The maximum absolute atomic E-state index is 13.6. The van der Waals surface area contributed by atoms with Crippen molar-refractivity contribution in [2.45, 2.75) is 20.3 Å². The van der Waals surface area contributed by atoms with Crippen molar-refractivity contribution in [1.82, 2.24) is 14.7 Å². The first-order valence-electron chi connectivity index (χ1n) is 11.6. The zero-order chi connectivity index (χ0) is 25.3. The number of hydrogen-bond donors (Lipinski definition) is 1. The van der Waals surface area contributed by atoms with Gasteiger partial charge in [0.25, 0.3) is 5.91 Å². The van der Waals surface area contributed by atoms with Gasteiger partial charge in [-0.3, -0.25) is 19.3 Å². The van der Waals surface area contributed by atoms with Crippen molar-refractivity contribution in [3.05, 3.63) is 71.0 Å². The van der Waals surface area contributed by atoms with Crippen LogP contribution in [0.4, 0.5) is 11.4 Å². The predicted octanol–water partition coefficient (Wildman–Crippen LogP) is 2.40. The first kappa shape index (κ1) is 24.2. The maximum atomic E-state index is 13.6. The highest BCUT2D eigenvalue weighted by Crippen LogP contribution is 2.29. The van der Waals surface area contributed by atoms with Crippen molar-refractivity contribution in [2.24, 2.45) is 5.73 Å². The fourth-order valence-electron chi connectivity index (χ4n) is 4.20. The SMILES string of the molecule is CCN(C)CC(=O)N(C)c1ccc(N2CCc3c(C)nn(-c4cccc(C(N)=O)c4)c3C2=O)cc1. The molecule has 9 nitrogen and oxygen atoms in total. The van der Waals surface area contributed by atoms with Crippen LogP contribution in [0, 0.1) is 6.92 Å². The fourth-order valence-corrected chi connectivity index (χ4v) is 4.20. The Morgan fingerprint density at radius 2 is 1.80 bits per heavy atom. The minimum Gasteiger partial charge on any atom is -0.366 e. The summed E-state index contributed by atoms with van der Waals surface area (Å²) in [6.45, 7) is 5.54. The number of fused-ring (bicyclic) bond motifs is 1. The molecule has 1 aliphatic rings. The number of rotatable bonds is 7. The molecule has 0 radical (unpaired) electrons. The highest BCUT2D eigenvalue weighted by molar-refractivity contribution is 6.08. The number of likely N-dealkylation sites (N-methyl/N-ethyl adjacent to an activating group) is 2. The molecule has 2 N–H and O–H groups in total. The molecule has 3 amide bonds. The third-order valence-corrected chi connectivity index (χ3v) is 6.46. The zero-order valence-electron chi connectivity index (χ0n) is 20.5. The molecule has 0 atom stereocenters. The van der Waals surface area contributed by atoms with Gasteiger partial charge in [-0.1, -0.05) is 13.0 Å². The summed E-state index contributed by atoms with van der Waals surface area (Å²) in [6.07, 6.45) is 0.659. The monoisotopic (exact) mass is 474 g/mol. The molecule has 0 saturated carbocycles. The second kappa shape index (κ2) is 9.71. The molecule has 182 valence electrons. The molecule has 0 bridgehead atoms. The van der Waals surface area contributed by atoms with Crippen LogP contribution in [0.3, 0.4) is 0 Å². The van der Waals surface area contributed by atoms with Crippen molar-refractivity contribution in [1.29, 1.82) is 0 Å². The van der Waals surface area contributed by atoms with Gasteiger partial charge < -0.3 is 15.5 Å². The molecule has 1 aromatic heterocycles. The second-order valence-electron chi connectivity index (χ2n) is 8.75. The Kier molecular flexibility index (Phi) is 6.70. The molecular formula is C26H30N6O3. The first-order valence-corrected chi connectivity index (χ1v) is 11.6. The zero-order valence-corrected chi connectivity index (χ0v) is 20.5. The summed E-state index contributed by atoms with van der Waals surface area (Å²) >= 11 is 0. The van der Waals surface area contributed by atoms with Gasteiger partial charge in [0.1, 0.15) is 5.69 Å². The number of nitrogens with zero attached hydrogens (tertiary/aromatic N) is 5. The predicted molar refractivity (Wildman–Crippen MR) is 135 cm³/mol. The van der Waals surface area contributed by atoms with E-state index in [9.17, 15) is 14.4 Å². The average molecular weight is 475 g/mol. The molecule has 0 spiro atoms. The van der Waals surface area contributed by atoms with Crippen LogP contribution in [-0.4, -0.2) is 66.1 Å². The van der Waals surface area contributed by atoms with Gasteiger partial charge >= 0.3 is 0 Å². The highest BCUT2D eigenvalue weighted by Gasteiger charge is 2.32. The van der Waals surface area contributed by atoms with E-state index >= 15 is 0 Å². The smallest absolute Gasteiger partial charge is 0.277 e. The molecule has 3 aromatic rings. The quantitative estimate of drug-likeness (QED) is 0.566. The molecule has 0 fully saturated rings. The molecule has 9 heteroatoms. The van der Waals surface area contributed by atoms with Crippen LogP contribution in [0.2, 0.25) is 0 Å². The van der Waals surface area contributed by atoms with Gasteiger partial charge in [0.15, 0.2) is 0 Å². The molecular weight excluding hydrogens is 444 g/mol. The van der Waals surface area contributed by atoms with E-state index in [2.05, 4.69) is 5.10 Å². The van der Waals surface area contributed by atoms with E-state index in [1.54, 1.807) is 45.8 Å². The lowest BCUT2D eigenvalue weighted by Gasteiger charge is -2.28. The second-order valence-corrected chi connectivity index (χ2v) is 8.75. The largest absolute Gasteiger partial charge is 0.366 e. The van der Waals surface area contributed by atoms with Crippen LogP contribution in [0.15, 0.2) is 48.5 Å². The fraction of sp³-hybridized carbons (Fsp3) is 0.308. The van der Waals surface area contributed by atoms with Crippen molar-refractivity contribution >= 4 is 29.1 Å². The average Bonchev–Trinajstić information content (AvgIpc) is 3.21. The van der Waals surface area contributed by atoms with Gasteiger partial charge in [0, 0.05) is 36.1 Å². The maximum Gasteiger partial charge on any atom is 0.277 e. The van der Waals surface area contributed by atoms with E-state index in [1.165, 1.54) is 0 Å². The van der Waals surface area contributed by atoms with E-state index in [-0.39, 0.29) is 11.8 Å². The van der Waals surface area contributed by atoms with E-state index in [0.717, 1.165) is 29.2 Å². The number of carbonyl (C=O) groups excluding carboxylic acids is 3. The number of carbonyl (C=O) groups is 3. The van der Waals surface area contributed by atoms with Crippen molar-refractivity contribution < 1.29 is 14.4 Å². The molecule has 0 unspecified atom stereocenters. The van der Waals surface area contributed by atoms with Gasteiger partial charge in [-0.15, -0.1) is 0 Å². The minimum absolute atomic E-state index is 0.00152. The summed E-state index contributed by atoms with van der Waals surface area (Å²) in [5.41, 5.74) is 10.1. The van der Waals surface area contributed by atoms with Crippen LogP contribution in [0.25, 0.3) is 5.69 Å². The Balaban J connectivity index is 1.61. The third-order valence-electron chi connectivity index (χ3n) is 6.46. The van der Waals surface area contributed by atoms with Gasteiger partial charge in [0.2, 0.25) is 11.8 Å². The lowest BCUT2D eigenvalue weighted by Crippen LogP contribution is -2.39. The molecule has 0 aliphatic carbocycles. The lowest BCUT2D eigenvalue weighted by atomic mass is 10.0. The van der Waals surface area contributed by atoms with Crippen molar-refractivity contribution in [3.63, 3.8) is 0 Å². The van der Waals surface area contributed by atoms with E-state index in [1.807, 2.05) is 50.1 Å². The van der Waals surface area contributed by atoms with E-state index < -0.39 is 5.91 Å². The number of benzene rings is 2. The van der Waals surface area contributed by atoms with Crippen LogP contribution < -0.4 is 15.5 Å². The molecule has 2 heterocycles. The number of anilines is 2. The van der Waals surface area contributed by atoms with Crippen LogP contribution in [-0.2, 0) is 11.2 Å². The standard InChI is InChI=1S/C26H30N6O3/c1-5-29(3)16-23(33)30(4)19-9-11-20(12-10-19)31-14-13-22-17(2)28-32(24(22)26(31)35)21-8-6-7-18(15-21)25(27)34/h6-12,15H,5,13-14,16H2,1-4H3,(H2,27,34). The normalized spacial score (nSPS) is 13.2. The highest BCUT2D eigenvalue weighted by atomic mass is 16.2. The molecule has 2 aromatic carbocycles. The number of primary amides is 1. The lowest BCUT2D eigenvalue weighted by molar-refractivity contribution is -0.119. The number of aryl methyl sites for hydroxylation is 1. The Morgan fingerprint density at radius 3 is 2.46 bits per heavy atom. The summed E-state index contributed by atoms with van der Waals surface area (Å²) in [5.74, 6) is -0.709. The summed E-state index contributed by atoms with van der Waals surface area (Å²) in [4.78, 5) is 43.1. The number of hydrogen-bond acceptors (Lipinski definition) is 5. The molecule has 1 aliphatic heterocycles. The van der Waals surface area contributed by atoms with Gasteiger partial charge in [-0.25, -0.2) is 4.68 Å². The van der Waals surface area contributed by atoms with Crippen LogP contribution >= 0.6 is 0 Å². The topological polar surface area (TPSA) is 105 Å². The Labute approximate surface area is 204 Å². The van der Waals surface area contributed by atoms with Crippen LogP contribution in [0.1, 0.15) is 39.0 Å². The number of amides is 3. The molecule has 35 heavy (non-hydrogen) atoms. The van der Waals surface area contributed by atoms with Gasteiger partial charge in [-0.2, -0.15) is 5.10 Å². The summed E-state index contributed by atoms with van der Waals surface area (Å²) in [5, 5.41) is 4.60. The molecule has 4 rings (SSSR count). The van der Waals surface area contributed by atoms with Crippen LogP contribution in [0.5, 0.6) is 0 Å².